The molecule has 0 amide bonds. The molecule has 0 atom stereocenters. The Labute approximate surface area is 103 Å². The highest BCUT2D eigenvalue weighted by Gasteiger charge is 2.13. The van der Waals surface area contributed by atoms with Gasteiger partial charge in [-0.15, -0.1) is 0 Å². The van der Waals surface area contributed by atoms with Crippen molar-refractivity contribution in [2.24, 2.45) is 0 Å². The summed E-state index contributed by atoms with van der Waals surface area (Å²) in [7, 11) is 0. The van der Waals surface area contributed by atoms with Crippen LogP contribution in [0.5, 0.6) is 0 Å². The van der Waals surface area contributed by atoms with Gasteiger partial charge in [0.15, 0.2) is 0 Å². The lowest BCUT2D eigenvalue weighted by Gasteiger charge is -2.24. The zero-order chi connectivity index (χ0) is 13.0. The van der Waals surface area contributed by atoms with Crippen LogP contribution in [-0.4, -0.2) is 17.7 Å². The first-order valence-corrected chi connectivity index (χ1v) is 6.31. The molecule has 17 heavy (non-hydrogen) atoms. The molecule has 0 spiro atoms. The van der Waals surface area contributed by atoms with Crippen LogP contribution < -0.4 is 16.2 Å². The van der Waals surface area contributed by atoms with Crippen molar-refractivity contribution >= 4 is 11.4 Å². The van der Waals surface area contributed by atoms with Crippen molar-refractivity contribution in [1.29, 1.82) is 0 Å². The second-order valence-corrected chi connectivity index (χ2v) is 4.21. The zero-order valence-corrected chi connectivity index (χ0v) is 11.3. The molecule has 0 bridgehead atoms. The van der Waals surface area contributed by atoms with E-state index in [9.17, 15) is 4.79 Å². The lowest BCUT2D eigenvalue weighted by molar-refractivity contribution is 0.636. The van der Waals surface area contributed by atoms with Crippen LogP contribution in [0.1, 0.15) is 32.9 Å². The quantitative estimate of drug-likeness (QED) is 0.852. The number of nitrogens with zero attached hydrogens (tertiary/aromatic N) is 2. The number of hydrogen-bond donors (Lipinski definition) is 1. The summed E-state index contributed by atoms with van der Waals surface area (Å²) in [5.74, 6) is 0. The van der Waals surface area contributed by atoms with E-state index in [0.717, 1.165) is 37.4 Å². The standard InChI is InChI=1S/C13H23N3O/c1-5-8-16-10(4)9-11(12(14)13(16)17)15(6-2)7-3/h9H,5-8,14H2,1-4H3. The second kappa shape index (κ2) is 5.75. The Balaban J connectivity index is 3.33. The Bertz CT molecular complexity index is 433. The monoisotopic (exact) mass is 237 g/mol. The van der Waals surface area contributed by atoms with E-state index in [1.165, 1.54) is 0 Å². The highest BCUT2D eigenvalue weighted by Crippen LogP contribution is 2.20. The van der Waals surface area contributed by atoms with Gasteiger partial charge in [0.2, 0.25) is 0 Å². The Morgan fingerprint density at radius 1 is 1.29 bits per heavy atom. The first kappa shape index (κ1) is 13.6. The van der Waals surface area contributed by atoms with Gasteiger partial charge in [-0.1, -0.05) is 6.92 Å². The van der Waals surface area contributed by atoms with E-state index < -0.39 is 0 Å². The van der Waals surface area contributed by atoms with E-state index in [1.807, 2.05) is 13.0 Å². The van der Waals surface area contributed by atoms with E-state index in [1.54, 1.807) is 4.57 Å². The second-order valence-electron chi connectivity index (χ2n) is 4.21. The predicted octanol–water partition coefficient (Wildman–Crippen LogP) is 2.00. The highest BCUT2D eigenvalue weighted by molar-refractivity contribution is 5.67. The minimum absolute atomic E-state index is 0.0613. The van der Waals surface area contributed by atoms with Crippen LogP contribution in [-0.2, 0) is 6.54 Å². The lowest BCUT2D eigenvalue weighted by Crippen LogP contribution is -2.30. The molecule has 4 heteroatoms. The van der Waals surface area contributed by atoms with Crippen molar-refractivity contribution in [2.45, 2.75) is 40.7 Å². The number of nitrogen functional groups attached to an aromatic ring is 1. The fourth-order valence-electron chi connectivity index (χ4n) is 2.10. The van der Waals surface area contributed by atoms with E-state index in [-0.39, 0.29) is 5.56 Å². The lowest BCUT2D eigenvalue weighted by atomic mass is 10.2. The molecule has 0 fully saturated rings. The maximum absolute atomic E-state index is 12.1. The largest absolute Gasteiger partial charge is 0.393 e. The maximum Gasteiger partial charge on any atom is 0.276 e. The molecule has 1 aromatic heterocycles. The molecule has 96 valence electrons. The van der Waals surface area contributed by atoms with Crippen LogP contribution in [0.4, 0.5) is 11.4 Å². The van der Waals surface area contributed by atoms with Crippen molar-refractivity contribution in [3.05, 3.63) is 22.1 Å². The topological polar surface area (TPSA) is 51.3 Å². The van der Waals surface area contributed by atoms with Crippen LogP contribution >= 0.6 is 0 Å². The SMILES string of the molecule is CCCn1c(C)cc(N(CC)CC)c(N)c1=O. The summed E-state index contributed by atoms with van der Waals surface area (Å²) in [6.07, 6.45) is 0.935. The third-order valence-electron chi connectivity index (χ3n) is 3.07. The van der Waals surface area contributed by atoms with Gasteiger partial charge in [0.25, 0.3) is 5.56 Å². The van der Waals surface area contributed by atoms with Crippen LogP contribution in [0.25, 0.3) is 0 Å². The van der Waals surface area contributed by atoms with Crippen LogP contribution in [0.3, 0.4) is 0 Å². The van der Waals surface area contributed by atoms with E-state index in [2.05, 4.69) is 25.7 Å². The number of anilines is 2. The molecule has 0 saturated heterocycles. The van der Waals surface area contributed by atoms with Gasteiger partial charge in [0, 0.05) is 25.3 Å². The van der Waals surface area contributed by atoms with Crippen LogP contribution in [0.2, 0.25) is 0 Å². The molecule has 0 unspecified atom stereocenters. The third-order valence-corrected chi connectivity index (χ3v) is 3.07. The fourth-order valence-corrected chi connectivity index (χ4v) is 2.10. The molecular weight excluding hydrogens is 214 g/mol. The summed E-state index contributed by atoms with van der Waals surface area (Å²) < 4.78 is 1.75. The van der Waals surface area contributed by atoms with Gasteiger partial charge in [-0.25, -0.2) is 0 Å². The molecule has 0 aromatic carbocycles. The number of pyridine rings is 1. The molecule has 0 aliphatic heterocycles. The Morgan fingerprint density at radius 3 is 2.35 bits per heavy atom. The first-order valence-electron chi connectivity index (χ1n) is 6.31. The van der Waals surface area contributed by atoms with Crippen molar-refractivity contribution < 1.29 is 0 Å². The summed E-state index contributed by atoms with van der Waals surface area (Å²) in [4.78, 5) is 14.3. The molecule has 1 aromatic rings. The van der Waals surface area contributed by atoms with Gasteiger partial charge < -0.3 is 15.2 Å². The summed E-state index contributed by atoms with van der Waals surface area (Å²) in [5, 5.41) is 0. The van der Waals surface area contributed by atoms with Gasteiger partial charge in [0.05, 0.1) is 5.69 Å². The third kappa shape index (κ3) is 2.62. The van der Waals surface area contributed by atoms with E-state index in [4.69, 9.17) is 5.73 Å². The molecule has 0 saturated carbocycles. The Morgan fingerprint density at radius 2 is 1.88 bits per heavy atom. The van der Waals surface area contributed by atoms with Crippen LogP contribution in [0, 0.1) is 6.92 Å². The Hall–Kier alpha value is -1.45. The number of nitrogens with two attached hydrogens (primary N) is 1. The Kier molecular flexibility index (Phi) is 4.61. The fraction of sp³-hybridized carbons (Fsp3) is 0.615. The summed E-state index contributed by atoms with van der Waals surface area (Å²) >= 11 is 0. The summed E-state index contributed by atoms with van der Waals surface area (Å²) in [5.41, 5.74) is 8.11. The molecule has 4 nitrogen and oxygen atoms in total. The average Bonchev–Trinajstić information content (AvgIpc) is 2.32. The zero-order valence-electron chi connectivity index (χ0n) is 11.3. The van der Waals surface area contributed by atoms with Gasteiger partial charge in [-0.2, -0.15) is 0 Å². The number of hydrogen-bond acceptors (Lipinski definition) is 3. The minimum Gasteiger partial charge on any atom is -0.393 e. The number of aryl methyl sites for hydroxylation is 1. The molecule has 1 heterocycles. The van der Waals surface area contributed by atoms with Crippen molar-refractivity contribution in [2.75, 3.05) is 23.7 Å². The van der Waals surface area contributed by atoms with E-state index in [0.29, 0.717) is 5.69 Å². The smallest absolute Gasteiger partial charge is 0.276 e. The normalized spacial score (nSPS) is 10.6. The molecule has 1 rings (SSSR count). The van der Waals surface area contributed by atoms with Gasteiger partial charge in [0.1, 0.15) is 5.69 Å². The number of rotatable bonds is 5. The molecule has 2 N–H and O–H groups in total. The van der Waals surface area contributed by atoms with Crippen LogP contribution in [0.15, 0.2) is 10.9 Å². The van der Waals surface area contributed by atoms with Crippen molar-refractivity contribution in [3.63, 3.8) is 0 Å². The predicted molar refractivity (Wildman–Crippen MR) is 73.7 cm³/mol. The van der Waals surface area contributed by atoms with Crippen molar-refractivity contribution in [1.82, 2.24) is 4.57 Å². The molecule has 0 radical (unpaired) electrons. The summed E-state index contributed by atoms with van der Waals surface area (Å²) in [6.45, 7) is 10.6. The maximum atomic E-state index is 12.1. The van der Waals surface area contributed by atoms with Crippen molar-refractivity contribution in [3.8, 4) is 0 Å². The average molecular weight is 237 g/mol. The van der Waals surface area contributed by atoms with Gasteiger partial charge in [-0.05, 0) is 33.3 Å². The molecular formula is C13H23N3O. The first-order chi connectivity index (χ1) is 8.06. The van der Waals surface area contributed by atoms with Gasteiger partial charge in [-0.3, -0.25) is 4.79 Å². The summed E-state index contributed by atoms with van der Waals surface area (Å²) in [6, 6.07) is 2.01. The molecule has 0 aliphatic rings. The highest BCUT2D eigenvalue weighted by atomic mass is 16.1. The number of aromatic nitrogens is 1. The molecule has 0 aliphatic carbocycles. The van der Waals surface area contributed by atoms with E-state index >= 15 is 0 Å². The minimum atomic E-state index is -0.0613. The van der Waals surface area contributed by atoms with Gasteiger partial charge >= 0.3 is 0 Å².